The van der Waals surface area contributed by atoms with Gasteiger partial charge in [-0.3, -0.25) is 0 Å². The first kappa shape index (κ1) is 29.0. The number of aromatic hydroxyl groups is 2. The number of phenolic OH excluding ortho intramolecular Hbond substituents is 2. The molecule has 0 spiro atoms. The molecule has 0 saturated heterocycles. The molecule has 3 rings (SSSR count). The van der Waals surface area contributed by atoms with Gasteiger partial charge in [0, 0.05) is 25.0 Å². The Balaban J connectivity index is 1.75. The Kier molecular flexibility index (Phi) is 9.17. The molecule has 39 heavy (non-hydrogen) atoms. The van der Waals surface area contributed by atoms with E-state index in [1.165, 1.54) is 50.6 Å². The van der Waals surface area contributed by atoms with Crippen molar-refractivity contribution >= 4 is 30.1 Å². The minimum absolute atomic E-state index is 0.159. The maximum Gasteiger partial charge on any atom is 0.335 e. The van der Waals surface area contributed by atoms with Crippen LogP contribution in [0.3, 0.4) is 0 Å². The smallest absolute Gasteiger partial charge is 0.335 e. The van der Waals surface area contributed by atoms with Crippen LogP contribution in [0.15, 0.2) is 48.6 Å². The van der Waals surface area contributed by atoms with Crippen LogP contribution in [0.25, 0.3) is 12.2 Å². The van der Waals surface area contributed by atoms with Crippen LogP contribution >= 0.6 is 0 Å². The van der Waals surface area contributed by atoms with Crippen LogP contribution in [0.5, 0.6) is 23.0 Å². The molecule has 0 heterocycles. The molecule has 4 atom stereocenters. The second kappa shape index (κ2) is 12.3. The number of aliphatic carboxylic acids is 1. The van der Waals surface area contributed by atoms with E-state index < -0.39 is 54.7 Å². The number of ether oxygens (including phenoxy) is 4. The molecule has 1 aliphatic rings. The van der Waals surface area contributed by atoms with Crippen LogP contribution in [-0.2, 0) is 23.9 Å². The fourth-order valence-corrected chi connectivity index (χ4v) is 3.99. The summed E-state index contributed by atoms with van der Waals surface area (Å²) < 4.78 is 20.5. The Hall–Kier alpha value is -4.55. The summed E-state index contributed by atoms with van der Waals surface area (Å²) in [7, 11) is 2.76. The lowest BCUT2D eigenvalue weighted by Gasteiger charge is -2.40. The second-order valence-corrected chi connectivity index (χ2v) is 8.72. The number of aliphatic hydroxyl groups is 2. The molecule has 2 aromatic rings. The molecule has 0 aromatic heterocycles. The Labute approximate surface area is 222 Å². The summed E-state index contributed by atoms with van der Waals surface area (Å²) in [6.45, 7) is 0. The summed E-state index contributed by atoms with van der Waals surface area (Å²) in [5, 5.41) is 50.2. The first-order valence-electron chi connectivity index (χ1n) is 11.6. The summed E-state index contributed by atoms with van der Waals surface area (Å²) >= 11 is 0. The molecule has 1 fully saturated rings. The number of aliphatic hydroxyl groups excluding tert-OH is 1. The third-order valence-electron chi connectivity index (χ3n) is 5.98. The number of benzene rings is 2. The molecule has 0 bridgehead atoms. The van der Waals surface area contributed by atoms with Gasteiger partial charge in [0.15, 0.2) is 34.7 Å². The Morgan fingerprint density at radius 3 is 1.77 bits per heavy atom. The van der Waals surface area contributed by atoms with Gasteiger partial charge in [0.2, 0.25) is 0 Å². The fourth-order valence-electron chi connectivity index (χ4n) is 3.99. The van der Waals surface area contributed by atoms with Crippen molar-refractivity contribution < 1.29 is 58.9 Å². The number of rotatable bonds is 9. The molecule has 208 valence electrons. The van der Waals surface area contributed by atoms with Gasteiger partial charge in [-0.15, -0.1) is 0 Å². The Bertz CT molecular complexity index is 1280. The molecule has 0 aliphatic heterocycles. The number of carbonyl (C=O) groups is 3. The van der Waals surface area contributed by atoms with Crippen molar-refractivity contribution in [2.75, 3.05) is 14.2 Å². The normalized spacial score (nSPS) is 22.9. The van der Waals surface area contributed by atoms with Gasteiger partial charge in [-0.1, -0.05) is 12.1 Å². The van der Waals surface area contributed by atoms with E-state index in [2.05, 4.69) is 0 Å². The van der Waals surface area contributed by atoms with Crippen molar-refractivity contribution in [2.24, 2.45) is 0 Å². The minimum Gasteiger partial charge on any atom is -0.504 e. The number of esters is 2. The fraction of sp³-hybridized carbons (Fsp3) is 0.296. The molecular formula is C27H28O12. The summed E-state index contributed by atoms with van der Waals surface area (Å²) in [6.07, 6.45) is -1.41. The maximum atomic E-state index is 12.5. The van der Waals surface area contributed by atoms with Crippen LogP contribution in [0.1, 0.15) is 24.0 Å². The van der Waals surface area contributed by atoms with Crippen LogP contribution in [0.4, 0.5) is 0 Å². The summed E-state index contributed by atoms with van der Waals surface area (Å²) in [4.78, 5) is 36.6. The predicted octanol–water partition coefficient (Wildman–Crippen LogP) is 1.64. The van der Waals surface area contributed by atoms with Crippen molar-refractivity contribution in [1.29, 1.82) is 0 Å². The zero-order chi connectivity index (χ0) is 28.7. The predicted molar refractivity (Wildman–Crippen MR) is 135 cm³/mol. The molecule has 1 aliphatic carbocycles. The molecule has 12 nitrogen and oxygen atoms in total. The van der Waals surface area contributed by atoms with Gasteiger partial charge in [0.05, 0.1) is 20.3 Å². The van der Waals surface area contributed by atoms with E-state index in [1.54, 1.807) is 12.1 Å². The third-order valence-corrected chi connectivity index (χ3v) is 5.98. The Morgan fingerprint density at radius 1 is 0.846 bits per heavy atom. The number of carbonyl (C=O) groups excluding carboxylic acids is 2. The van der Waals surface area contributed by atoms with Gasteiger partial charge in [0.1, 0.15) is 6.10 Å². The van der Waals surface area contributed by atoms with E-state index >= 15 is 0 Å². The molecule has 12 heteroatoms. The number of methoxy groups -OCH3 is 2. The number of carboxylic acid groups (broad SMARTS) is 1. The third kappa shape index (κ3) is 7.27. The quantitative estimate of drug-likeness (QED) is 0.227. The van der Waals surface area contributed by atoms with E-state index in [9.17, 15) is 39.9 Å². The van der Waals surface area contributed by atoms with Crippen molar-refractivity contribution in [1.82, 2.24) is 0 Å². The van der Waals surface area contributed by atoms with Crippen molar-refractivity contribution in [3.8, 4) is 23.0 Å². The van der Waals surface area contributed by atoms with E-state index in [0.717, 1.165) is 12.2 Å². The van der Waals surface area contributed by atoms with Crippen LogP contribution in [0.2, 0.25) is 0 Å². The van der Waals surface area contributed by atoms with E-state index in [1.807, 2.05) is 0 Å². The highest BCUT2D eigenvalue weighted by Gasteiger charge is 2.52. The summed E-state index contributed by atoms with van der Waals surface area (Å²) in [5.41, 5.74) is -1.60. The lowest BCUT2D eigenvalue weighted by Crippen LogP contribution is -2.58. The minimum atomic E-state index is -2.44. The van der Waals surface area contributed by atoms with Crippen LogP contribution < -0.4 is 9.47 Å². The largest absolute Gasteiger partial charge is 0.504 e. The summed E-state index contributed by atoms with van der Waals surface area (Å²) in [5.74, 6) is -3.46. The van der Waals surface area contributed by atoms with Crippen LogP contribution in [-0.4, -0.2) is 81.6 Å². The first-order chi connectivity index (χ1) is 18.4. The second-order valence-electron chi connectivity index (χ2n) is 8.72. The van der Waals surface area contributed by atoms with Crippen molar-refractivity contribution in [3.63, 3.8) is 0 Å². The number of carboxylic acids is 1. The van der Waals surface area contributed by atoms with E-state index in [4.69, 9.17) is 18.9 Å². The van der Waals surface area contributed by atoms with Crippen molar-refractivity contribution in [3.05, 3.63) is 59.7 Å². The zero-order valence-corrected chi connectivity index (χ0v) is 21.0. The van der Waals surface area contributed by atoms with Gasteiger partial charge >= 0.3 is 17.9 Å². The van der Waals surface area contributed by atoms with E-state index in [0.29, 0.717) is 11.1 Å². The lowest BCUT2D eigenvalue weighted by molar-refractivity contribution is -0.204. The van der Waals surface area contributed by atoms with Crippen molar-refractivity contribution in [2.45, 2.75) is 36.8 Å². The average Bonchev–Trinajstić information content (AvgIpc) is 2.88. The molecular weight excluding hydrogens is 516 g/mol. The first-order valence-corrected chi connectivity index (χ1v) is 11.6. The van der Waals surface area contributed by atoms with Gasteiger partial charge in [-0.25, -0.2) is 14.4 Å². The van der Waals surface area contributed by atoms with Gasteiger partial charge in [-0.2, -0.15) is 0 Å². The molecule has 1 saturated carbocycles. The zero-order valence-electron chi connectivity index (χ0n) is 21.0. The van der Waals surface area contributed by atoms with Gasteiger partial charge < -0.3 is 44.5 Å². The SMILES string of the molecule is COc1ccc(C=CC(=O)OC2CC(O)(C(=O)O)CC(O)C2OC(=O)C=Cc2ccc(OC)c(O)c2)cc1O. The number of hydrogen-bond donors (Lipinski definition) is 5. The van der Waals surface area contributed by atoms with Crippen LogP contribution in [0, 0.1) is 0 Å². The molecule has 4 unspecified atom stereocenters. The lowest BCUT2D eigenvalue weighted by atomic mass is 9.79. The summed E-state index contributed by atoms with van der Waals surface area (Å²) in [6, 6.07) is 8.73. The van der Waals surface area contributed by atoms with Gasteiger partial charge in [0.25, 0.3) is 0 Å². The molecule has 0 amide bonds. The highest BCUT2D eigenvalue weighted by Crippen LogP contribution is 2.34. The Morgan fingerprint density at radius 2 is 1.33 bits per heavy atom. The standard InChI is InChI=1S/C27H28O12/c1-36-20-7-3-15(11-17(20)28)5-9-23(31)38-22-14-27(35,26(33)34)13-19(30)25(22)39-24(32)10-6-16-4-8-21(37-2)18(29)12-16/h3-12,19,22,25,28-30,35H,13-14H2,1-2H3,(H,33,34). The highest BCUT2D eigenvalue weighted by molar-refractivity contribution is 5.88. The highest BCUT2D eigenvalue weighted by atomic mass is 16.6. The maximum absolute atomic E-state index is 12.5. The number of phenols is 2. The monoisotopic (exact) mass is 544 g/mol. The average molecular weight is 545 g/mol. The molecule has 0 radical (unpaired) electrons. The topological polar surface area (TPSA) is 189 Å². The van der Waals surface area contributed by atoms with E-state index in [-0.39, 0.29) is 23.0 Å². The number of hydrogen-bond acceptors (Lipinski definition) is 11. The molecule has 5 N–H and O–H groups in total. The molecule has 2 aromatic carbocycles. The van der Waals surface area contributed by atoms with Gasteiger partial charge in [-0.05, 0) is 47.5 Å².